The van der Waals surface area contributed by atoms with E-state index in [-0.39, 0.29) is 12.5 Å². The van der Waals surface area contributed by atoms with Gasteiger partial charge in [0.2, 0.25) is 5.91 Å². The molecule has 9 heteroatoms. The minimum absolute atomic E-state index is 0.0490. The summed E-state index contributed by atoms with van der Waals surface area (Å²) in [5, 5.41) is 17.8. The van der Waals surface area contributed by atoms with Gasteiger partial charge >= 0.3 is 5.97 Å². The number of anilines is 1. The Morgan fingerprint density at radius 3 is 2.76 bits per heavy atom. The summed E-state index contributed by atoms with van der Waals surface area (Å²) >= 11 is 0. The highest BCUT2D eigenvalue weighted by Crippen LogP contribution is 2.21. The Balaban J connectivity index is 1.89. The Hall–Kier alpha value is -2.42. The van der Waals surface area contributed by atoms with E-state index in [4.69, 9.17) is 9.84 Å². The second kappa shape index (κ2) is 6.35. The zero-order chi connectivity index (χ0) is 15.4. The van der Waals surface area contributed by atoms with Gasteiger partial charge < -0.3 is 20.5 Å². The number of amides is 2. The number of aromatic nitrogens is 2. The Kier molecular flexibility index (Phi) is 4.53. The smallest absolute Gasteiger partial charge is 0.332 e. The van der Waals surface area contributed by atoms with Gasteiger partial charge in [0.05, 0.1) is 11.9 Å². The molecule has 3 N–H and O–H groups in total. The SMILES string of the molecule is CNC(=O)Cn1cc(NC(=O)[C@@H]2CC[C@H](C(=O)O)O2)cn1. The molecule has 0 saturated carbocycles. The van der Waals surface area contributed by atoms with E-state index in [1.54, 1.807) is 0 Å². The fraction of sp³-hybridized carbons (Fsp3) is 0.500. The highest BCUT2D eigenvalue weighted by Gasteiger charge is 2.34. The number of nitrogens with zero attached hydrogens (tertiary/aromatic N) is 2. The summed E-state index contributed by atoms with van der Waals surface area (Å²) in [7, 11) is 1.52. The largest absolute Gasteiger partial charge is 0.479 e. The van der Waals surface area contributed by atoms with Crippen LogP contribution in [-0.4, -0.2) is 51.9 Å². The normalized spacial score (nSPS) is 21.0. The molecule has 1 aliphatic heterocycles. The van der Waals surface area contributed by atoms with Gasteiger partial charge in [-0.15, -0.1) is 0 Å². The van der Waals surface area contributed by atoms with Gasteiger partial charge in [-0.1, -0.05) is 0 Å². The number of likely N-dealkylation sites (N-methyl/N-ethyl adjacent to an activating group) is 1. The zero-order valence-electron chi connectivity index (χ0n) is 11.4. The van der Waals surface area contributed by atoms with E-state index >= 15 is 0 Å². The lowest BCUT2D eigenvalue weighted by Crippen LogP contribution is -2.29. The molecule has 0 radical (unpaired) electrons. The molecule has 1 aliphatic rings. The lowest BCUT2D eigenvalue weighted by atomic mass is 10.2. The molecule has 1 fully saturated rings. The van der Waals surface area contributed by atoms with Gasteiger partial charge in [-0.2, -0.15) is 5.10 Å². The number of ether oxygens (including phenoxy) is 1. The van der Waals surface area contributed by atoms with E-state index < -0.39 is 24.1 Å². The second-order valence-electron chi connectivity index (χ2n) is 4.62. The number of nitrogens with one attached hydrogen (secondary N) is 2. The molecule has 2 atom stereocenters. The molecule has 0 unspecified atom stereocenters. The maximum absolute atomic E-state index is 11.9. The molecule has 1 aromatic rings. The summed E-state index contributed by atoms with van der Waals surface area (Å²) in [4.78, 5) is 33.9. The molecular formula is C12H16N4O5. The van der Waals surface area contributed by atoms with Crippen LogP contribution in [-0.2, 0) is 25.7 Å². The van der Waals surface area contributed by atoms with Gasteiger partial charge in [0.1, 0.15) is 12.6 Å². The molecule has 0 aliphatic carbocycles. The van der Waals surface area contributed by atoms with E-state index in [1.165, 1.54) is 24.1 Å². The van der Waals surface area contributed by atoms with Crippen LogP contribution in [0.25, 0.3) is 0 Å². The zero-order valence-corrected chi connectivity index (χ0v) is 11.4. The van der Waals surface area contributed by atoms with Crippen LogP contribution in [0.1, 0.15) is 12.8 Å². The Labute approximate surface area is 120 Å². The number of rotatable bonds is 5. The number of aliphatic carboxylic acids is 1. The first-order valence-electron chi connectivity index (χ1n) is 6.41. The van der Waals surface area contributed by atoms with Crippen molar-refractivity contribution in [2.45, 2.75) is 31.6 Å². The van der Waals surface area contributed by atoms with Crippen molar-refractivity contribution in [1.29, 1.82) is 0 Å². The first-order chi connectivity index (χ1) is 9.99. The molecule has 9 nitrogen and oxygen atoms in total. The monoisotopic (exact) mass is 296 g/mol. The van der Waals surface area contributed by atoms with Crippen LogP contribution in [0.2, 0.25) is 0 Å². The van der Waals surface area contributed by atoms with Crippen LogP contribution in [0.3, 0.4) is 0 Å². The fourth-order valence-electron chi connectivity index (χ4n) is 1.98. The molecule has 21 heavy (non-hydrogen) atoms. The Morgan fingerprint density at radius 1 is 1.43 bits per heavy atom. The first-order valence-corrected chi connectivity index (χ1v) is 6.41. The fourth-order valence-corrected chi connectivity index (χ4v) is 1.98. The summed E-state index contributed by atoms with van der Waals surface area (Å²) in [5.41, 5.74) is 0.422. The highest BCUT2D eigenvalue weighted by atomic mass is 16.5. The molecule has 1 aromatic heterocycles. The van der Waals surface area contributed by atoms with Crippen molar-refractivity contribution in [3.05, 3.63) is 12.4 Å². The molecule has 1 saturated heterocycles. The van der Waals surface area contributed by atoms with Crippen LogP contribution in [0, 0.1) is 0 Å². The van der Waals surface area contributed by atoms with E-state index in [0.29, 0.717) is 18.5 Å². The lowest BCUT2D eigenvalue weighted by Gasteiger charge is -2.10. The second-order valence-corrected chi connectivity index (χ2v) is 4.62. The van der Waals surface area contributed by atoms with Crippen molar-refractivity contribution >= 4 is 23.5 Å². The molecule has 0 bridgehead atoms. The van der Waals surface area contributed by atoms with E-state index in [1.807, 2.05) is 0 Å². The van der Waals surface area contributed by atoms with Gasteiger partial charge in [0, 0.05) is 13.2 Å². The molecule has 2 heterocycles. The predicted molar refractivity (Wildman–Crippen MR) is 70.5 cm³/mol. The van der Waals surface area contributed by atoms with Gasteiger partial charge in [-0.3, -0.25) is 14.3 Å². The predicted octanol–water partition coefficient (Wildman–Crippen LogP) is -0.800. The van der Waals surface area contributed by atoms with Crippen molar-refractivity contribution in [3.8, 4) is 0 Å². The first kappa shape index (κ1) is 15.0. The van der Waals surface area contributed by atoms with E-state index in [2.05, 4.69) is 15.7 Å². The third-order valence-corrected chi connectivity index (χ3v) is 3.07. The Morgan fingerprint density at radius 2 is 2.14 bits per heavy atom. The molecule has 2 amide bonds. The maximum Gasteiger partial charge on any atom is 0.332 e. The maximum atomic E-state index is 11.9. The third kappa shape index (κ3) is 3.78. The molecular weight excluding hydrogens is 280 g/mol. The molecule has 0 spiro atoms. The average molecular weight is 296 g/mol. The van der Waals surface area contributed by atoms with Crippen LogP contribution in [0.15, 0.2) is 12.4 Å². The van der Waals surface area contributed by atoms with Crippen molar-refractivity contribution in [2.24, 2.45) is 0 Å². The number of carboxylic acid groups (broad SMARTS) is 1. The number of carboxylic acids is 1. The Bertz CT molecular complexity index is 556. The van der Waals surface area contributed by atoms with Crippen LogP contribution in [0.5, 0.6) is 0 Å². The van der Waals surface area contributed by atoms with Crippen molar-refractivity contribution in [1.82, 2.24) is 15.1 Å². The van der Waals surface area contributed by atoms with Crippen LogP contribution < -0.4 is 10.6 Å². The van der Waals surface area contributed by atoms with Crippen LogP contribution >= 0.6 is 0 Å². The summed E-state index contributed by atoms with van der Waals surface area (Å²) in [6.45, 7) is 0.0490. The van der Waals surface area contributed by atoms with Crippen molar-refractivity contribution in [2.75, 3.05) is 12.4 Å². The summed E-state index contributed by atoms with van der Waals surface area (Å²) < 4.78 is 6.52. The topological polar surface area (TPSA) is 123 Å². The number of carbonyl (C=O) groups excluding carboxylic acids is 2. The highest BCUT2D eigenvalue weighted by molar-refractivity contribution is 5.94. The quantitative estimate of drug-likeness (QED) is 0.654. The third-order valence-electron chi connectivity index (χ3n) is 3.07. The minimum atomic E-state index is -1.07. The standard InChI is InChI=1S/C12H16N4O5/c1-13-10(17)6-16-5-7(4-14-16)15-11(18)8-2-3-9(21-8)12(19)20/h4-5,8-9H,2-3,6H2,1H3,(H,13,17)(H,15,18)(H,19,20)/t8-,9+/m0/s1. The van der Waals surface area contributed by atoms with Crippen LogP contribution in [0.4, 0.5) is 5.69 Å². The van der Waals surface area contributed by atoms with Gasteiger partial charge in [0.15, 0.2) is 6.10 Å². The molecule has 114 valence electrons. The molecule has 0 aromatic carbocycles. The number of carbonyl (C=O) groups is 3. The van der Waals surface area contributed by atoms with E-state index in [0.717, 1.165) is 0 Å². The van der Waals surface area contributed by atoms with Gasteiger partial charge in [-0.25, -0.2) is 4.79 Å². The summed E-state index contributed by atoms with van der Waals surface area (Å²) in [6, 6.07) is 0. The minimum Gasteiger partial charge on any atom is -0.479 e. The van der Waals surface area contributed by atoms with Crippen molar-refractivity contribution < 1.29 is 24.2 Å². The number of hydrogen-bond donors (Lipinski definition) is 3. The summed E-state index contributed by atoms with van der Waals surface area (Å²) in [5.74, 6) is -1.69. The number of hydrogen-bond acceptors (Lipinski definition) is 5. The van der Waals surface area contributed by atoms with E-state index in [9.17, 15) is 14.4 Å². The van der Waals surface area contributed by atoms with Gasteiger partial charge in [0.25, 0.3) is 5.91 Å². The lowest BCUT2D eigenvalue weighted by molar-refractivity contribution is -0.150. The van der Waals surface area contributed by atoms with Crippen molar-refractivity contribution in [3.63, 3.8) is 0 Å². The van der Waals surface area contributed by atoms with Gasteiger partial charge in [-0.05, 0) is 12.8 Å². The average Bonchev–Trinajstić information content (AvgIpc) is 3.07. The molecule has 2 rings (SSSR count). The summed E-state index contributed by atoms with van der Waals surface area (Å²) in [6.07, 6.45) is 1.87.